The Labute approximate surface area is 138 Å². The Morgan fingerprint density at radius 1 is 1.17 bits per heavy atom. The zero-order valence-electron chi connectivity index (χ0n) is 13.3. The third-order valence-electron chi connectivity index (χ3n) is 3.68. The van der Waals surface area contributed by atoms with Gasteiger partial charge in [0.25, 0.3) is 0 Å². The van der Waals surface area contributed by atoms with E-state index in [9.17, 15) is 9.59 Å². The van der Waals surface area contributed by atoms with Crippen LogP contribution in [0.4, 0.5) is 0 Å². The number of fused-ring (bicyclic) bond motifs is 1. The highest BCUT2D eigenvalue weighted by Gasteiger charge is 2.22. The van der Waals surface area contributed by atoms with Crippen LogP contribution in [0.2, 0.25) is 0 Å². The maximum absolute atomic E-state index is 12.8. The van der Waals surface area contributed by atoms with Gasteiger partial charge in [-0.3, -0.25) is 4.79 Å². The Balaban J connectivity index is 2.29. The number of hydrogen-bond acceptors (Lipinski definition) is 4. The largest absolute Gasteiger partial charge is 0.479 e. The minimum atomic E-state index is -1.17. The monoisotopic (exact) mass is 324 g/mol. The summed E-state index contributed by atoms with van der Waals surface area (Å²) in [6.07, 6.45) is -1.17. The predicted octanol–water partition coefficient (Wildman–Crippen LogP) is 3.62. The van der Waals surface area contributed by atoms with E-state index < -0.39 is 12.1 Å². The molecule has 122 valence electrons. The van der Waals surface area contributed by atoms with Gasteiger partial charge in [0.05, 0.1) is 5.39 Å². The Kier molecular flexibility index (Phi) is 4.08. The van der Waals surface area contributed by atoms with Gasteiger partial charge in [0, 0.05) is 5.56 Å². The van der Waals surface area contributed by atoms with Crippen LogP contribution in [0.5, 0.6) is 5.75 Å². The van der Waals surface area contributed by atoms with E-state index in [1.807, 2.05) is 13.0 Å². The Morgan fingerprint density at radius 3 is 2.54 bits per heavy atom. The second-order valence-electron chi connectivity index (χ2n) is 5.55. The Hall–Kier alpha value is -3.08. The van der Waals surface area contributed by atoms with Gasteiger partial charge < -0.3 is 14.3 Å². The van der Waals surface area contributed by atoms with Crippen LogP contribution in [0.3, 0.4) is 0 Å². The summed E-state index contributed by atoms with van der Waals surface area (Å²) in [5.41, 5.74) is 1.65. The van der Waals surface area contributed by atoms with Gasteiger partial charge in [-0.15, -0.1) is 0 Å². The van der Waals surface area contributed by atoms with Crippen molar-refractivity contribution in [3.05, 3.63) is 64.3 Å². The van der Waals surface area contributed by atoms with Crippen molar-refractivity contribution in [2.45, 2.75) is 20.0 Å². The van der Waals surface area contributed by atoms with Crippen LogP contribution in [-0.2, 0) is 4.79 Å². The van der Waals surface area contributed by atoms with Crippen molar-refractivity contribution < 1.29 is 19.1 Å². The van der Waals surface area contributed by atoms with E-state index in [0.717, 1.165) is 5.56 Å². The van der Waals surface area contributed by atoms with E-state index in [-0.39, 0.29) is 16.9 Å². The molecule has 3 aromatic rings. The standard InChI is InChI=1S/C19H16O5/c1-11-8-9-14-15(10-11)24-17(13-6-4-3-5-7-13)18(16(14)20)23-12(2)19(21)22/h3-10,12H,1-2H3,(H,21,22)/t12-/m0/s1. The molecule has 24 heavy (non-hydrogen) atoms. The fourth-order valence-corrected chi connectivity index (χ4v) is 2.40. The second-order valence-corrected chi connectivity index (χ2v) is 5.55. The van der Waals surface area contributed by atoms with Crippen molar-refractivity contribution in [3.63, 3.8) is 0 Å². The molecule has 0 aliphatic rings. The Bertz CT molecular complexity index is 957. The van der Waals surface area contributed by atoms with Gasteiger partial charge in [-0.05, 0) is 31.5 Å². The van der Waals surface area contributed by atoms with Gasteiger partial charge in [0.1, 0.15) is 5.58 Å². The van der Waals surface area contributed by atoms with E-state index in [1.54, 1.807) is 42.5 Å². The van der Waals surface area contributed by atoms with Gasteiger partial charge in [-0.25, -0.2) is 4.79 Å². The smallest absolute Gasteiger partial charge is 0.344 e. The first-order chi connectivity index (χ1) is 11.5. The number of benzene rings is 2. The highest BCUT2D eigenvalue weighted by molar-refractivity contribution is 5.83. The minimum absolute atomic E-state index is 0.0903. The molecule has 1 atom stereocenters. The van der Waals surface area contributed by atoms with Crippen molar-refractivity contribution in [2.24, 2.45) is 0 Å². The molecule has 0 aliphatic heterocycles. The average Bonchev–Trinajstić information content (AvgIpc) is 2.57. The highest BCUT2D eigenvalue weighted by atomic mass is 16.5. The first kappa shape index (κ1) is 15.8. The molecule has 0 amide bonds. The number of aryl methyl sites for hydroxylation is 1. The van der Waals surface area contributed by atoms with Gasteiger partial charge in [0.15, 0.2) is 11.9 Å². The number of ether oxygens (including phenoxy) is 1. The molecule has 5 nitrogen and oxygen atoms in total. The molecule has 0 unspecified atom stereocenters. The van der Waals surface area contributed by atoms with Crippen molar-refractivity contribution >= 4 is 16.9 Å². The molecule has 0 bridgehead atoms. The Morgan fingerprint density at radius 2 is 1.88 bits per heavy atom. The zero-order valence-corrected chi connectivity index (χ0v) is 13.3. The van der Waals surface area contributed by atoms with Gasteiger partial charge in [-0.1, -0.05) is 36.4 Å². The van der Waals surface area contributed by atoms with Crippen molar-refractivity contribution in [1.29, 1.82) is 0 Å². The summed E-state index contributed by atoms with van der Waals surface area (Å²) >= 11 is 0. The molecule has 0 spiro atoms. The van der Waals surface area contributed by atoms with E-state index in [0.29, 0.717) is 16.5 Å². The quantitative estimate of drug-likeness (QED) is 0.793. The molecule has 3 rings (SSSR count). The predicted molar refractivity (Wildman–Crippen MR) is 90.4 cm³/mol. The van der Waals surface area contributed by atoms with Crippen LogP contribution in [-0.4, -0.2) is 17.2 Å². The summed E-state index contributed by atoms with van der Waals surface area (Å²) in [5.74, 6) is -1.02. The van der Waals surface area contributed by atoms with E-state index in [4.69, 9.17) is 14.3 Å². The minimum Gasteiger partial charge on any atom is -0.479 e. The van der Waals surface area contributed by atoms with Crippen LogP contribution in [0, 0.1) is 6.92 Å². The van der Waals surface area contributed by atoms with Crippen molar-refractivity contribution in [2.75, 3.05) is 0 Å². The molecule has 0 aliphatic carbocycles. The maximum Gasteiger partial charge on any atom is 0.344 e. The van der Waals surface area contributed by atoms with E-state index in [1.165, 1.54) is 6.92 Å². The third-order valence-corrected chi connectivity index (χ3v) is 3.68. The number of carboxylic acids is 1. The lowest BCUT2D eigenvalue weighted by atomic mass is 10.1. The maximum atomic E-state index is 12.8. The molecule has 0 saturated carbocycles. The molecular formula is C19H16O5. The van der Waals surface area contributed by atoms with Crippen LogP contribution < -0.4 is 10.2 Å². The molecule has 1 N–H and O–H groups in total. The summed E-state index contributed by atoms with van der Waals surface area (Å²) in [4.78, 5) is 23.9. The van der Waals surface area contributed by atoms with Gasteiger partial charge in [-0.2, -0.15) is 0 Å². The summed E-state index contributed by atoms with van der Waals surface area (Å²) in [6.45, 7) is 3.27. The fraction of sp³-hybridized carbons (Fsp3) is 0.158. The second kappa shape index (κ2) is 6.20. The van der Waals surface area contributed by atoms with Crippen LogP contribution >= 0.6 is 0 Å². The number of rotatable bonds is 4. The van der Waals surface area contributed by atoms with Crippen LogP contribution in [0.1, 0.15) is 12.5 Å². The first-order valence-corrected chi connectivity index (χ1v) is 7.49. The molecule has 5 heteroatoms. The summed E-state index contributed by atoms with van der Waals surface area (Å²) in [5, 5.41) is 9.44. The molecule has 0 radical (unpaired) electrons. The SMILES string of the molecule is Cc1ccc2c(=O)c(O[C@@H](C)C(=O)O)c(-c3ccccc3)oc2c1. The van der Waals surface area contributed by atoms with Crippen LogP contribution in [0.25, 0.3) is 22.3 Å². The van der Waals surface area contributed by atoms with E-state index >= 15 is 0 Å². The average molecular weight is 324 g/mol. The molecule has 1 heterocycles. The number of aliphatic carboxylic acids is 1. The topological polar surface area (TPSA) is 76.7 Å². The molecular weight excluding hydrogens is 308 g/mol. The summed E-state index contributed by atoms with van der Waals surface area (Å²) in [7, 11) is 0. The zero-order chi connectivity index (χ0) is 17.3. The summed E-state index contributed by atoms with van der Waals surface area (Å²) < 4.78 is 11.3. The fourth-order valence-electron chi connectivity index (χ4n) is 2.40. The lowest BCUT2D eigenvalue weighted by Crippen LogP contribution is -2.26. The van der Waals surface area contributed by atoms with Crippen molar-refractivity contribution in [3.8, 4) is 17.1 Å². The van der Waals surface area contributed by atoms with Gasteiger partial charge >= 0.3 is 5.97 Å². The lowest BCUT2D eigenvalue weighted by molar-refractivity contribution is -0.144. The third kappa shape index (κ3) is 2.88. The lowest BCUT2D eigenvalue weighted by Gasteiger charge is -2.14. The first-order valence-electron chi connectivity index (χ1n) is 7.49. The van der Waals surface area contributed by atoms with Crippen molar-refractivity contribution in [1.82, 2.24) is 0 Å². The molecule has 0 fully saturated rings. The number of carbonyl (C=O) groups is 1. The molecule has 1 aromatic heterocycles. The number of hydrogen-bond donors (Lipinski definition) is 1. The highest BCUT2D eigenvalue weighted by Crippen LogP contribution is 2.31. The molecule has 0 saturated heterocycles. The van der Waals surface area contributed by atoms with Crippen LogP contribution in [0.15, 0.2) is 57.7 Å². The normalized spacial score (nSPS) is 12.1. The van der Waals surface area contributed by atoms with E-state index in [2.05, 4.69) is 0 Å². The van der Waals surface area contributed by atoms with Gasteiger partial charge in [0.2, 0.25) is 11.2 Å². The molecule has 2 aromatic carbocycles. The summed E-state index contributed by atoms with van der Waals surface area (Å²) in [6, 6.07) is 14.2. The number of carboxylic acid groups (broad SMARTS) is 1.